The van der Waals surface area contributed by atoms with E-state index in [9.17, 15) is 4.79 Å². The molecular formula is C17H26N2O2S. The number of aryl methyl sites for hydroxylation is 2. The number of aromatic nitrogens is 1. The average Bonchev–Trinajstić information content (AvgIpc) is 3.15. The van der Waals surface area contributed by atoms with Crippen LogP contribution in [0.15, 0.2) is 9.64 Å². The molecule has 1 amide bonds. The molecule has 4 nitrogen and oxygen atoms in total. The number of amides is 1. The summed E-state index contributed by atoms with van der Waals surface area (Å²) in [5, 5.41) is 3.63. The van der Waals surface area contributed by atoms with Gasteiger partial charge in [0, 0.05) is 6.04 Å². The summed E-state index contributed by atoms with van der Waals surface area (Å²) in [5.41, 5.74) is 0.894. The van der Waals surface area contributed by atoms with Crippen LogP contribution in [0.4, 0.5) is 0 Å². The SMILES string of the molecule is Cc1nc(S[C@H](C)C(=O)N[C@@H](C)[C@H]2C[C@H]3CC[C@H]2C3)oc1C. The van der Waals surface area contributed by atoms with E-state index in [0.29, 0.717) is 11.1 Å². The van der Waals surface area contributed by atoms with Crippen molar-refractivity contribution in [2.75, 3.05) is 0 Å². The van der Waals surface area contributed by atoms with Crippen LogP contribution in [0.3, 0.4) is 0 Å². The predicted octanol–water partition coefficient (Wildman–Crippen LogP) is 3.71. The van der Waals surface area contributed by atoms with Gasteiger partial charge in [0.15, 0.2) is 0 Å². The minimum Gasteiger partial charge on any atom is -0.437 e. The Bertz CT molecular complexity index is 537. The third-order valence-corrected chi connectivity index (χ3v) is 6.40. The number of hydrogen-bond acceptors (Lipinski definition) is 4. The van der Waals surface area contributed by atoms with Crippen LogP contribution in [0.25, 0.3) is 0 Å². The molecule has 1 aromatic heterocycles. The fourth-order valence-corrected chi connectivity index (χ4v) is 4.89. The van der Waals surface area contributed by atoms with Crippen LogP contribution in [0, 0.1) is 31.6 Å². The van der Waals surface area contributed by atoms with Gasteiger partial charge in [0.05, 0.1) is 10.9 Å². The van der Waals surface area contributed by atoms with Crippen LogP contribution < -0.4 is 5.32 Å². The molecule has 1 N–H and O–H groups in total. The normalized spacial score (nSPS) is 29.5. The molecule has 2 bridgehead atoms. The van der Waals surface area contributed by atoms with Crippen LogP contribution in [-0.2, 0) is 4.79 Å². The van der Waals surface area contributed by atoms with Crippen molar-refractivity contribution < 1.29 is 9.21 Å². The Hall–Kier alpha value is -0.970. The molecule has 1 heterocycles. The predicted molar refractivity (Wildman–Crippen MR) is 87.8 cm³/mol. The quantitative estimate of drug-likeness (QED) is 0.840. The Morgan fingerprint density at radius 1 is 1.32 bits per heavy atom. The highest BCUT2D eigenvalue weighted by molar-refractivity contribution is 8.00. The van der Waals surface area contributed by atoms with Crippen molar-refractivity contribution in [3.8, 4) is 0 Å². The first kappa shape index (κ1) is 15.9. The summed E-state index contributed by atoms with van der Waals surface area (Å²) in [4.78, 5) is 16.7. The topological polar surface area (TPSA) is 55.1 Å². The van der Waals surface area contributed by atoms with E-state index in [2.05, 4.69) is 17.2 Å². The largest absolute Gasteiger partial charge is 0.437 e. The van der Waals surface area contributed by atoms with Gasteiger partial charge < -0.3 is 9.73 Å². The summed E-state index contributed by atoms with van der Waals surface area (Å²) >= 11 is 1.40. The molecule has 0 aromatic carbocycles. The van der Waals surface area contributed by atoms with Crippen LogP contribution in [0.5, 0.6) is 0 Å². The molecule has 1 aromatic rings. The maximum atomic E-state index is 12.4. The molecule has 0 radical (unpaired) electrons. The van der Waals surface area contributed by atoms with Gasteiger partial charge in [0.2, 0.25) is 5.91 Å². The molecule has 5 atom stereocenters. The van der Waals surface area contributed by atoms with E-state index in [1.165, 1.54) is 37.4 Å². The summed E-state index contributed by atoms with van der Waals surface area (Å²) in [6, 6.07) is 0.277. The van der Waals surface area contributed by atoms with Gasteiger partial charge in [-0.25, -0.2) is 4.98 Å². The van der Waals surface area contributed by atoms with E-state index in [1.807, 2.05) is 20.8 Å². The molecule has 5 heteroatoms. The molecule has 122 valence electrons. The first-order chi connectivity index (χ1) is 10.4. The number of thioether (sulfide) groups is 1. The fourth-order valence-electron chi connectivity index (χ4n) is 4.05. The van der Waals surface area contributed by atoms with E-state index in [-0.39, 0.29) is 17.2 Å². The summed E-state index contributed by atoms with van der Waals surface area (Å²) < 4.78 is 5.55. The van der Waals surface area contributed by atoms with Gasteiger partial charge in [-0.05, 0) is 64.7 Å². The number of hydrogen-bond donors (Lipinski definition) is 1. The van der Waals surface area contributed by atoms with Gasteiger partial charge in [0.25, 0.3) is 5.22 Å². The second-order valence-electron chi connectivity index (χ2n) is 7.02. The number of oxazole rings is 1. The second-order valence-corrected chi connectivity index (χ2v) is 8.31. The summed E-state index contributed by atoms with van der Waals surface area (Å²) in [6.07, 6.45) is 5.43. The Labute approximate surface area is 136 Å². The molecule has 0 unspecified atom stereocenters. The Morgan fingerprint density at radius 3 is 2.64 bits per heavy atom. The lowest BCUT2D eigenvalue weighted by Crippen LogP contribution is -2.43. The first-order valence-corrected chi connectivity index (χ1v) is 9.23. The van der Waals surface area contributed by atoms with E-state index in [0.717, 1.165) is 23.3 Å². The number of nitrogens with one attached hydrogen (secondary N) is 1. The Morgan fingerprint density at radius 2 is 2.09 bits per heavy atom. The standard InChI is InChI=1S/C17H26N2O2S/c1-9-11(3)21-17(19-9)22-12(4)16(20)18-10(2)15-8-13-5-6-14(15)7-13/h10,12-15H,5-8H2,1-4H3,(H,18,20)/t10-,12+,13-,14-,15+/m0/s1. The molecule has 2 aliphatic carbocycles. The monoisotopic (exact) mass is 322 g/mol. The highest BCUT2D eigenvalue weighted by Gasteiger charge is 2.42. The summed E-state index contributed by atoms with van der Waals surface area (Å²) in [6.45, 7) is 7.90. The third kappa shape index (κ3) is 3.19. The minimum absolute atomic E-state index is 0.0915. The molecule has 0 saturated heterocycles. The van der Waals surface area contributed by atoms with Crippen molar-refractivity contribution in [3.05, 3.63) is 11.5 Å². The smallest absolute Gasteiger partial charge is 0.256 e. The van der Waals surface area contributed by atoms with E-state index >= 15 is 0 Å². The highest BCUT2D eigenvalue weighted by Crippen LogP contribution is 2.49. The van der Waals surface area contributed by atoms with Gasteiger partial charge in [0.1, 0.15) is 5.76 Å². The lowest BCUT2D eigenvalue weighted by molar-refractivity contribution is -0.121. The van der Waals surface area contributed by atoms with Crippen LogP contribution in [0.2, 0.25) is 0 Å². The average molecular weight is 322 g/mol. The number of nitrogens with zero attached hydrogens (tertiary/aromatic N) is 1. The van der Waals surface area contributed by atoms with E-state index < -0.39 is 0 Å². The van der Waals surface area contributed by atoms with Crippen LogP contribution in [-0.4, -0.2) is 22.2 Å². The van der Waals surface area contributed by atoms with Crippen LogP contribution in [0.1, 0.15) is 51.0 Å². The molecule has 22 heavy (non-hydrogen) atoms. The number of carbonyl (C=O) groups is 1. The number of rotatable bonds is 5. The Balaban J connectivity index is 1.52. The zero-order valence-electron chi connectivity index (χ0n) is 13.9. The lowest BCUT2D eigenvalue weighted by atomic mass is 9.84. The van der Waals surface area contributed by atoms with E-state index in [4.69, 9.17) is 4.42 Å². The first-order valence-electron chi connectivity index (χ1n) is 8.35. The second kappa shape index (κ2) is 6.26. The van der Waals surface area contributed by atoms with Gasteiger partial charge in [-0.2, -0.15) is 0 Å². The van der Waals surface area contributed by atoms with Gasteiger partial charge in [-0.3, -0.25) is 4.79 Å². The maximum absolute atomic E-state index is 12.4. The van der Waals surface area contributed by atoms with Crippen molar-refractivity contribution in [1.82, 2.24) is 10.3 Å². The highest BCUT2D eigenvalue weighted by atomic mass is 32.2. The van der Waals surface area contributed by atoms with Crippen molar-refractivity contribution in [2.45, 2.75) is 69.9 Å². The molecule has 0 aliphatic heterocycles. The van der Waals surface area contributed by atoms with Crippen molar-refractivity contribution in [2.24, 2.45) is 17.8 Å². The molecule has 0 spiro atoms. The van der Waals surface area contributed by atoms with E-state index in [1.54, 1.807) is 0 Å². The maximum Gasteiger partial charge on any atom is 0.256 e. The molecular weight excluding hydrogens is 296 g/mol. The third-order valence-electron chi connectivity index (χ3n) is 5.46. The van der Waals surface area contributed by atoms with Gasteiger partial charge in [-0.1, -0.05) is 18.2 Å². The zero-order chi connectivity index (χ0) is 15.9. The Kier molecular flexibility index (Phi) is 4.53. The van der Waals surface area contributed by atoms with Crippen molar-refractivity contribution >= 4 is 17.7 Å². The molecule has 2 fully saturated rings. The number of fused-ring (bicyclic) bond motifs is 2. The fraction of sp³-hybridized carbons (Fsp3) is 0.765. The lowest BCUT2D eigenvalue weighted by Gasteiger charge is -2.29. The molecule has 2 saturated carbocycles. The van der Waals surface area contributed by atoms with Crippen molar-refractivity contribution in [3.63, 3.8) is 0 Å². The molecule has 3 rings (SSSR count). The van der Waals surface area contributed by atoms with Gasteiger partial charge >= 0.3 is 0 Å². The van der Waals surface area contributed by atoms with Crippen LogP contribution >= 0.6 is 11.8 Å². The zero-order valence-corrected chi connectivity index (χ0v) is 14.7. The van der Waals surface area contributed by atoms with Gasteiger partial charge in [-0.15, -0.1) is 0 Å². The summed E-state index contributed by atoms with van der Waals surface area (Å²) in [5.74, 6) is 3.34. The number of carbonyl (C=O) groups excluding carboxylic acids is 1. The molecule has 2 aliphatic rings. The summed E-state index contributed by atoms with van der Waals surface area (Å²) in [7, 11) is 0. The van der Waals surface area contributed by atoms with Crippen molar-refractivity contribution in [1.29, 1.82) is 0 Å². The minimum atomic E-state index is -0.182.